The molecule has 4 fully saturated rings. The van der Waals surface area contributed by atoms with Gasteiger partial charge in [0, 0.05) is 83.3 Å². The van der Waals surface area contributed by atoms with Crippen LogP contribution in [-0.4, -0.2) is 126 Å². The number of piperazine rings is 2. The summed E-state index contributed by atoms with van der Waals surface area (Å²) in [6.07, 6.45) is 13.6. The molecule has 0 radical (unpaired) electrons. The lowest BCUT2D eigenvalue weighted by Crippen LogP contribution is -2.57. The average Bonchev–Trinajstić information content (AvgIpc) is 2.84. The van der Waals surface area contributed by atoms with Crippen molar-refractivity contribution in [2.45, 2.75) is 44.6 Å². The summed E-state index contributed by atoms with van der Waals surface area (Å²) in [5.74, 6) is 0.484. The van der Waals surface area contributed by atoms with E-state index in [0.29, 0.717) is 13.1 Å². The number of amides is 2. The number of hydrogen-bond acceptors (Lipinski definition) is 6. The van der Waals surface area contributed by atoms with Crippen LogP contribution in [0, 0.1) is 0 Å². The highest BCUT2D eigenvalue weighted by Gasteiger charge is 2.31. The van der Waals surface area contributed by atoms with Crippen molar-refractivity contribution in [3.05, 3.63) is 23.9 Å². The van der Waals surface area contributed by atoms with Crippen molar-refractivity contribution in [2.75, 3.05) is 78.5 Å². The quantitative estimate of drug-likeness (QED) is 0.615. The predicted molar refractivity (Wildman–Crippen MR) is 128 cm³/mol. The summed E-state index contributed by atoms with van der Waals surface area (Å²) in [4.78, 5) is 34.7. The molecule has 1 saturated carbocycles. The minimum Gasteiger partial charge on any atom is -0.339 e. The Morgan fingerprint density at radius 1 is 0.788 bits per heavy atom. The van der Waals surface area contributed by atoms with Crippen molar-refractivity contribution in [3.8, 4) is 0 Å². The lowest BCUT2D eigenvalue weighted by atomic mass is 9.91. The molecule has 0 aromatic carbocycles. The first-order valence-electron chi connectivity index (χ1n) is 13.1. The Kier molecular flexibility index (Phi) is 7.33. The standard InChI is InChI=1S/C25H40N6O2/c32-24(28-16-14-27(15-17-28)23-7-4-8-23)21-26-12-18-30(19-13-26)31-11-5-6-22(20-31)25(33)29-9-2-1-3-10-29/h5-6,11,23H,1-4,7-10,12-21H2. The van der Waals surface area contributed by atoms with Gasteiger partial charge in [0.25, 0.3) is 5.91 Å². The Hall–Kier alpha value is -1.90. The van der Waals surface area contributed by atoms with E-state index in [9.17, 15) is 9.59 Å². The van der Waals surface area contributed by atoms with E-state index in [0.717, 1.165) is 89.9 Å². The number of hydrogen-bond donors (Lipinski definition) is 0. The van der Waals surface area contributed by atoms with Gasteiger partial charge in [-0.3, -0.25) is 19.4 Å². The molecule has 8 nitrogen and oxygen atoms in total. The van der Waals surface area contributed by atoms with Crippen molar-refractivity contribution >= 4 is 11.8 Å². The molecule has 1 aliphatic carbocycles. The van der Waals surface area contributed by atoms with Crippen molar-refractivity contribution < 1.29 is 9.59 Å². The highest BCUT2D eigenvalue weighted by Crippen LogP contribution is 2.25. The second-order valence-corrected chi connectivity index (χ2v) is 10.2. The first kappa shape index (κ1) is 22.9. The van der Waals surface area contributed by atoms with Crippen molar-refractivity contribution in [3.63, 3.8) is 0 Å². The van der Waals surface area contributed by atoms with Gasteiger partial charge >= 0.3 is 0 Å². The summed E-state index contributed by atoms with van der Waals surface area (Å²) >= 11 is 0. The van der Waals surface area contributed by atoms with Gasteiger partial charge in [0.2, 0.25) is 5.91 Å². The summed E-state index contributed by atoms with van der Waals surface area (Å²) in [7, 11) is 0. The maximum absolute atomic E-state index is 12.9. The van der Waals surface area contributed by atoms with Gasteiger partial charge in [-0.2, -0.15) is 0 Å². The summed E-state index contributed by atoms with van der Waals surface area (Å²) in [5, 5.41) is 4.52. The lowest BCUT2D eigenvalue weighted by Gasteiger charge is -2.44. The Balaban J connectivity index is 1.04. The summed E-state index contributed by atoms with van der Waals surface area (Å²) in [5.41, 5.74) is 0.887. The van der Waals surface area contributed by atoms with Gasteiger partial charge in [-0.15, -0.1) is 0 Å². The molecule has 0 atom stereocenters. The molecule has 4 aliphatic heterocycles. The van der Waals surface area contributed by atoms with Gasteiger partial charge in [-0.25, -0.2) is 5.01 Å². The zero-order valence-electron chi connectivity index (χ0n) is 20.0. The molecule has 0 N–H and O–H groups in total. The van der Waals surface area contributed by atoms with E-state index >= 15 is 0 Å². The normalized spacial score (nSPS) is 26.3. The monoisotopic (exact) mass is 456 g/mol. The molecule has 33 heavy (non-hydrogen) atoms. The molecule has 0 aromatic heterocycles. The predicted octanol–water partition coefficient (Wildman–Crippen LogP) is 0.984. The molecule has 3 saturated heterocycles. The molecule has 2 amide bonds. The van der Waals surface area contributed by atoms with E-state index in [1.165, 1.54) is 25.7 Å². The number of carbonyl (C=O) groups excluding carboxylic acids is 2. The molecule has 182 valence electrons. The molecular formula is C25H40N6O2. The fourth-order valence-electron chi connectivity index (χ4n) is 5.70. The number of hydrazine groups is 1. The Labute approximate surface area is 198 Å². The molecule has 0 aromatic rings. The summed E-state index contributed by atoms with van der Waals surface area (Å²) in [6, 6.07) is 0.782. The van der Waals surface area contributed by atoms with Crippen LogP contribution in [0.1, 0.15) is 38.5 Å². The van der Waals surface area contributed by atoms with Crippen LogP contribution in [0.3, 0.4) is 0 Å². The Bertz CT molecular complexity index is 757. The van der Waals surface area contributed by atoms with Gasteiger partial charge in [0.15, 0.2) is 0 Å². The highest BCUT2D eigenvalue weighted by molar-refractivity contribution is 5.94. The largest absolute Gasteiger partial charge is 0.339 e. The van der Waals surface area contributed by atoms with E-state index in [1.807, 2.05) is 17.1 Å². The van der Waals surface area contributed by atoms with Crippen LogP contribution in [-0.2, 0) is 9.59 Å². The molecular weight excluding hydrogens is 416 g/mol. The molecule has 0 bridgehead atoms. The third-order valence-electron chi connectivity index (χ3n) is 8.13. The van der Waals surface area contributed by atoms with Gasteiger partial charge in [0.1, 0.15) is 0 Å². The maximum atomic E-state index is 12.9. The molecule has 0 spiro atoms. The fourth-order valence-corrected chi connectivity index (χ4v) is 5.70. The second kappa shape index (κ2) is 10.6. The van der Waals surface area contributed by atoms with Crippen LogP contribution in [0.4, 0.5) is 0 Å². The number of nitrogens with zero attached hydrogens (tertiary/aromatic N) is 6. The third kappa shape index (κ3) is 5.44. The number of piperidine rings is 1. The fraction of sp³-hybridized carbons (Fsp3) is 0.760. The maximum Gasteiger partial charge on any atom is 0.251 e. The van der Waals surface area contributed by atoms with Crippen molar-refractivity contribution in [1.82, 2.24) is 29.6 Å². The third-order valence-corrected chi connectivity index (χ3v) is 8.13. The molecule has 5 aliphatic rings. The van der Waals surface area contributed by atoms with E-state index in [2.05, 4.69) is 30.9 Å². The first-order chi connectivity index (χ1) is 16.2. The van der Waals surface area contributed by atoms with E-state index < -0.39 is 0 Å². The number of carbonyl (C=O) groups is 2. The van der Waals surface area contributed by atoms with E-state index in [-0.39, 0.29) is 11.8 Å². The van der Waals surface area contributed by atoms with Crippen LogP contribution in [0.25, 0.3) is 0 Å². The van der Waals surface area contributed by atoms with Gasteiger partial charge in [-0.1, -0.05) is 12.5 Å². The topological polar surface area (TPSA) is 53.6 Å². The number of likely N-dealkylation sites (tertiary alicyclic amines) is 1. The minimum absolute atomic E-state index is 0.200. The minimum atomic E-state index is 0.200. The molecule has 0 unspecified atom stereocenters. The SMILES string of the molecule is O=C(CN1CCN(N2C=CC=C(C(=O)N3CCCCC3)C2)CC1)N1CCN(C2CCC2)CC1. The van der Waals surface area contributed by atoms with Crippen LogP contribution in [0.15, 0.2) is 23.9 Å². The Morgan fingerprint density at radius 3 is 2.18 bits per heavy atom. The number of allylic oxidation sites excluding steroid dienone is 2. The zero-order chi connectivity index (χ0) is 22.6. The molecule has 4 heterocycles. The summed E-state index contributed by atoms with van der Waals surface area (Å²) in [6.45, 7) is 10.4. The average molecular weight is 457 g/mol. The van der Waals surface area contributed by atoms with E-state index in [1.54, 1.807) is 0 Å². The molecule has 8 heteroatoms. The van der Waals surface area contributed by atoms with Crippen molar-refractivity contribution in [1.29, 1.82) is 0 Å². The van der Waals surface area contributed by atoms with Crippen LogP contribution in [0.5, 0.6) is 0 Å². The first-order valence-corrected chi connectivity index (χ1v) is 13.1. The van der Waals surface area contributed by atoms with Gasteiger partial charge < -0.3 is 14.8 Å². The van der Waals surface area contributed by atoms with Gasteiger partial charge in [-0.05, 0) is 38.2 Å². The second-order valence-electron chi connectivity index (χ2n) is 10.2. The molecule has 5 rings (SSSR count). The highest BCUT2D eigenvalue weighted by atomic mass is 16.2. The van der Waals surface area contributed by atoms with Crippen LogP contribution >= 0.6 is 0 Å². The summed E-state index contributed by atoms with van der Waals surface area (Å²) < 4.78 is 0. The smallest absolute Gasteiger partial charge is 0.251 e. The van der Waals surface area contributed by atoms with Crippen molar-refractivity contribution in [2.24, 2.45) is 0 Å². The Morgan fingerprint density at radius 2 is 1.52 bits per heavy atom. The van der Waals surface area contributed by atoms with Crippen LogP contribution in [0.2, 0.25) is 0 Å². The lowest BCUT2D eigenvalue weighted by molar-refractivity contribution is -0.136. The van der Waals surface area contributed by atoms with Crippen LogP contribution < -0.4 is 0 Å². The van der Waals surface area contributed by atoms with E-state index in [4.69, 9.17) is 0 Å². The van der Waals surface area contributed by atoms with Gasteiger partial charge in [0.05, 0.1) is 13.1 Å². The zero-order valence-corrected chi connectivity index (χ0v) is 20.0. The number of rotatable bonds is 5.